The fraction of sp³-hybridized carbons (Fsp3) is 0.143. The van der Waals surface area contributed by atoms with E-state index in [0.717, 1.165) is 5.56 Å². The largest absolute Gasteiger partial charge is 0.506 e. The van der Waals surface area contributed by atoms with Crippen LogP contribution in [-0.4, -0.2) is 13.5 Å². The van der Waals surface area contributed by atoms with E-state index >= 15 is 0 Å². The average Bonchev–Trinajstić information content (AvgIpc) is 2.38. The van der Waals surface area contributed by atoms with Gasteiger partial charge in [0.05, 0.1) is 5.69 Å². The normalized spacial score (nSPS) is 11.4. The van der Waals surface area contributed by atoms with Gasteiger partial charge in [-0.05, 0) is 59.1 Å². The molecule has 0 spiro atoms. The first-order valence-corrected chi connectivity index (χ1v) is 9.06. The van der Waals surface area contributed by atoms with Gasteiger partial charge in [0, 0.05) is 8.95 Å². The number of aromatic hydroxyl groups is 1. The van der Waals surface area contributed by atoms with Gasteiger partial charge < -0.3 is 5.11 Å². The zero-order chi connectivity index (χ0) is 15.8. The first kappa shape index (κ1) is 16.3. The van der Waals surface area contributed by atoms with Crippen LogP contribution in [0.4, 0.5) is 5.69 Å². The summed E-state index contributed by atoms with van der Waals surface area (Å²) >= 11 is 6.59. The molecule has 0 saturated carbocycles. The second-order valence-electron chi connectivity index (χ2n) is 4.61. The predicted molar refractivity (Wildman–Crippen MR) is 90.2 cm³/mol. The minimum absolute atomic E-state index is 0.0997. The topological polar surface area (TPSA) is 66.4 Å². The third-order valence-electron chi connectivity index (χ3n) is 2.99. The molecule has 2 N–H and O–H groups in total. The summed E-state index contributed by atoms with van der Waals surface area (Å²) in [6.45, 7) is 3.59. The van der Waals surface area contributed by atoms with Crippen molar-refractivity contribution in [3.63, 3.8) is 0 Å². The molecule has 7 heteroatoms. The summed E-state index contributed by atoms with van der Waals surface area (Å²) in [6, 6.07) is 8.05. The molecule has 2 aromatic rings. The fourth-order valence-corrected chi connectivity index (χ4v) is 4.63. The summed E-state index contributed by atoms with van der Waals surface area (Å²) < 4.78 is 28.6. The molecule has 4 nitrogen and oxygen atoms in total. The molecule has 2 aromatic carbocycles. The Morgan fingerprint density at radius 3 is 2.33 bits per heavy atom. The third kappa shape index (κ3) is 3.41. The maximum Gasteiger partial charge on any atom is 0.263 e. The van der Waals surface area contributed by atoms with Gasteiger partial charge >= 0.3 is 0 Å². The number of anilines is 1. The minimum atomic E-state index is -3.82. The Labute approximate surface area is 140 Å². The number of para-hydroxylation sites is 1. The van der Waals surface area contributed by atoms with Crippen LogP contribution >= 0.6 is 31.9 Å². The standard InChI is InChI=1S/C14H13Br2NO3S/c1-8-4-3-5-12(18)14(8)17-21(19,20)13-7-10(15)9(2)6-11(13)16/h3-7,17-18H,1-2H3. The summed E-state index contributed by atoms with van der Waals surface area (Å²) in [4.78, 5) is 0.0997. The van der Waals surface area contributed by atoms with Gasteiger partial charge in [0.15, 0.2) is 0 Å². The molecular weight excluding hydrogens is 422 g/mol. The van der Waals surface area contributed by atoms with E-state index in [1.54, 1.807) is 25.1 Å². The van der Waals surface area contributed by atoms with E-state index in [-0.39, 0.29) is 16.3 Å². The lowest BCUT2D eigenvalue weighted by atomic mass is 10.2. The van der Waals surface area contributed by atoms with Crippen LogP contribution in [0.3, 0.4) is 0 Å². The molecule has 0 amide bonds. The third-order valence-corrected chi connectivity index (χ3v) is 6.15. The van der Waals surface area contributed by atoms with Crippen LogP contribution in [0.25, 0.3) is 0 Å². The highest BCUT2D eigenvalue weighted by Crippen LogP contribution is 2.33. The summed E-state index contributed by atoms with van der Waals surface area (Å²) in [5.74, 6) is -0.110. The number of phenolic OH excluding ortho intramolecular Hbond substituents is 1. The highest BCUT2D eigenvalue weighted by molar-refractivity contribution is 9.11. The quantitative estimate of drug-likeness (QED) is 0.706. The van der Waals surface area contributed by atoms with Gasteiger partial charge in [0.25, 0.3) is 10.0 Å². The van der Waals surface area contributed by atoms with Crippen molar-refractivity contribution in [1.29, 1.82) is 0 Å². The molecule has 0 bridgehead atoms. The Morgan fingerprint density at radius 1 is 1.05 bits per heavy atom. The van der Waals surface area contributed by atoms with Crippen molar-refractivity contribution in [2.45, 2.75) is 18.7 Å². The zero-order valence-corrected chi connectivity index (χ0v) is 15.3. The lowest BCUT2D eigenvalue weighted by Gasteiger charge is -2.14. The van der Waals surface area contributed by atoms with E-state index < -0.39 is 10.0 Å². The lowest BCUT2D eigenvalue weighted by molar-refractivity contribution is 0.477. The number of rotatable bonds is 3. The van der Waals surface area contributed by atoms with Crippen molar-refractivity contribution in [3.8, 4) is 5.75 Å². The number of hydrogen-bond acceptors (Lipinski definition) is 3. The van der Waals surface area contributed by atoms with Gasteiger partial charge in [0.1, 0.15) is 10.6 Å². The first-order valence-electron chi connectivity index (χ1n) is 5.99. The summed E-state index contributed by atoms with van der Waals surface area (Å²) in [5.41, 5.74) is 1.74. The molecule has 0 fully saturated rings. The molecule has 0 heterocycles. The van der Waals surface area contributed by atoms with Crippen LogP contribution in [0.2, 0.25) is 0 Å². The van der Waals surface area contributed by atoms with Gasteiger partial charge in [-0.2, -0.15) is 0 Å². The Kier molecular flexibility index (Phi) is 4.65. The molecule has 112 valence electrons. The Bertz CT molecular complexity index is 784. The number of nitrogens with one attached hydrogen (secondary N) is 1. The van der Waals surface area contributed by atoms with E-state index in [4.69, 9.17) is 0 Å². The van der Waals surface area contributed by atoms with Crippen LogP contribution in [0.1, 0.15) is 11.1 Å². The van der Waals surface area contributed by atoms with Crippen LogP contribution in [-0.2, 0) is 10.0 Å². The maximum absolute atomic E-state index is 12.5. The van der Waals surface area contributed by atoms with E-state index in [0.29, 0.717) is 14.5 Å². The number of phenols is 1. The number of halogens is 2. The SMILES string of the molecule is Cc1cc(Br)c(S(=O)(=O)Nc2c(C)cccc2O)cc1Br. The molecular formula is C14H13Br2NO3S. The van der Waals surface area contributed by atoms with Crippen LogP contribution in [0.5, 0.6) is 5.75 Å². The highest BCUT2D eigenvalue weighted by Gasteiger charge is 2.21. The van der Waals surface area contributed by atoms with Crippen molar-refractivity contribution in [1.82, 2.24) is 0 Å². The number of hydrogen-bond donors (Lipinski definition) is 2. The summed E-state index contributed by atoms with van der Waals surface area (Å²) in [5, 5.41) is 9.82. The molecule has 0 aliphatic carbocycles. The molecule has 0 aromatic heterocycles. The molecule has 21 heavy (non-hydrogen) atoms. The Morgan fingerprint density at radius 2 is 1.71 bits per heavy atom. The Hall–Kier alpha value is -1.05. The molecule has 0 aliphatic rings. The minimum Gasteiger partial charge on any atom is -0.506 e. The zero-order valence-electron chi connectivity index (χ0n) is 11.3. The molecule has 0 aliphatic heterocycles. The fourth-order valence-electron chi connectivity index (χ4n) is 1.81. The van der Waals surface area contributed by atoms with Gasteiger partial charge in [-0.3, -0.25) is 4.72 Å². The van der Waals surface area contributed by atoms with E-state index in [1.807, 2.05) is 6.92 Å². The van der Waals surface area contributed by atoms with Crippen molar-refractivity contribution in [2.24, 2.45) is 0 Å². The lowest BCUT2D eigenvalue weighted by Crippen LogP contribution is -2.14. The van der Waals surface area contributed by atoms with Crippen molar-refractivity contribution >= 4 is 47.6 Å². The van der Waals surface area contributed by atoms with Crippen molar-refractivity contribution < 1.29 is 13.5 Å². The summed E-state index contributed by atoms with van der Waals surface area (Å²) in [6.07, 6.45) is 0. The van der Waals surface area contributed by atoms with Gasteiger partial charge in [-0.15, -0.1) is 0 Å². The Balaban J connectivity index is 2.51. The second kappa shape index (κ2) is 5.98. The number of benzene rings is 2. The van der Waals surface area contributed by atoms with E-state index in [2.05, 4.69) is 36.6 Å². The number of sulfonamides is 1. The van der Waals surface area contributed by atoms with Crippen LogP contribution < -0.4 is 4.72 Å². The van der Waals surface area contributed by atoms with Crippen LogP contribution in [0, 0.1) is 13.8 Å². The maximum atomic E-state index is 12.5. The second-order valence-corrected chi connectivity index (χ2v) is 7.97. The molecule has 0 atom stereocenters. The average molecular weight is 435 g/mol. The van der Waals surface area contributed by atoms with Gasteiger partial charge in [-0.1, -0.05) is 28.1 Å². The molecule has 2 rings (SSSR count). The van der Waals surface area contributed by atoms with Crippen LogP contribution in [0.15, 0.2) is 44.2 Å². The van der Waals surface area contributed by atoms with Gasteiger partial charge in [0.2, 0.25) is 0 Å². The first-order chi connectivity index (χ1) is 9.72. The van der Waals surface area contributed by atoms with E-state index in [9.17, 15) is 13.5 Å². The molecule has 0 unspecified atom stereocenters. The molecule has 0 saturated heterocycles. The predicted octanol–water partition coefficient (Wildman–Crippen LogP) is 4.33. The highest BCUT2D eigenvalue weighted by atomic mass is 79.9. The molecule has 0 radical (unpaired) electrons. The van der Waals surface area contributed by atoms with Crippen molar-refractivity contribution in [3.05, 3.63) is 50.4 Å². The monoisotopic (exact) mass is 433 g/mol. The smallest absolute Gasteiger partial charge is 0.263 e. The number of aryl methyl sites for hydroxylation is 2. The van der Waals surface area contributed by atoms with Gasteiger partial charge in [-0.25, -0.2) is 8.42 Å². The summed E-state index contributed by atoms with van der Waals surface area (Å²) in [7, 11) is -3.82. The van der Waals surface area contributed by atoms with Crippen molar-refractivity contribution in [2.75, 3.05) is 4.72 Å². The van der Waals surface area contributed by atoms with E-state index in [1.165, 1.54) is 12.1 Å².